The topological polar surface area (TPSA) is 45.2 Å². The van der Waals surface area contributed by atoms with E-state index in [4.69, 9.17) is 0 Å². The molecule has 24 heavy (non-hydrogen) atoms. The van der Waals surface area contributed by atoms with Crippen LogP contribution in [0.4, 0.5) is 11.4 Å². The molecule has 0 fully saturated rings. The van der Waals surface area contributed by atoms with E-state index < -0.39 is 0 Å². The monoisotopic (exact) mass is 337 g/mol. The van der Waals surface area contributed by atoms with Gasteiger partial charge in [0.05, 0.1) is 5.69 Å². The molecule has 1 amide bonds. The Balaban J connectivity index is 1.83. The maximum atomic E-state index is 12.5. The first-order valence-corrected chi connectivity index (χ1v) is 8.48. The second-order valence-electron chi connectivity index (χ2n) is 5.70. The van der Waals surface area contributed by atoms with E-state index in [0.717, 1.165) is 27.6 Å². The average molecular weight is 337 g/mol. The molecule has 0 saturated carbocycles. The molecule has 3 aromatic rings. The van der Waals surface area contributed by atoms with Gasteiger partial charge in [-0.15, -0.1) is 11.3 Å². The zero-order valence-corrected chi connectivity index (χ0v) is 14.7. The van der Waals surface area contributed by atoms with Crippen LogP contribution in [-0.4, -0.2) is 25.0 Å². The van der Waals surface area contributed by atoms with Crippen molar-refractivity contribution < 1.29 is 4.79 Å². The first kappa shape index (κ1) is 16.2. The molecule has 0 aliphatic heterocycles. The van der Waals surface area contributed by atoms with Gasteiger partial charge in [0.25, 0.3) is 5.91 Å². The van der Waals surface area contributed by atoms with Gasteiger partial charge in [-0.25, -0.2) is 4.98 Å². The van der Waals surface area contributed by atoms with Gasteiger partial charge in [0.15, 0.2) is 0 Å². The molecule has 3 rings (SSSR count). The van der Waals surface area contributed by atoms with E-state index in [0.29, 0.717) is 4.88 Å². The largest absolute Gasteiger partial charge is 0.378 e. The van der Waals surface area contributed by atoms with Gasteiger partial charge in [-0.3, -0.25) is 4.79 Å². The smallest absolute Gasteiger partial charge is 0.267 e. The predicted molar refractivity (Wildman–Crippen MR) is 101 cm³/mol. The number of hydrogen-bond donors (Lipinski definition) is 1. The lowest BCUT2D eigenvalue weighted by atomic mass is 10.2. The Bertz CT molecular complexity index is 839. The van der Waals surface area contributed by atoms with Gasteiger partial charge >= 0.3 is 0 Å². The van der Waals surface area contributed by atoms with Crippen LogP contribution in [0.3, 0.4) is 0 Å². The van der Waals surface area contributed by atoms with Gasteiger partial charge in [0, 0.05) is 31.0 Å². The second-order valence-corrected chi connectivity index (χ2v) is 6.69. The Morgan fingerprint density at radius 3 is 2.33 bits per heavy atom. The number of aromatic nitrogens is 1. The van der Waals surface area contributed by atoms with E-state index in [9.17, 15) is 4.79 Å². The maximum absolute atomic E-state index is 12.5. The molecule has 0 saturated heterocycles. The number of amides is 1. The molecule has 1 aromatic heterocycles. The van der Waals surface area contributed by atoms with Crippen LogP contribution in [0, 0.1) is 6.92 Å². The molecule has 0 aliphatic carbocycles. The molecule has 0 radical (unpaired) electrons. The normalized spacial score (nSPS) is 10.5. The van der Waals surface area contributed by atoms with Crippen LogP contribution in [-0.2, 0) is 0 Å². The van der Waals surface area contributed by atoms with Gasteiger partial charge in [-0.2, -0.15) is 0 Å². The molecule has 5 heteroatoms. The Morgan fingerprint density at radius 1 is 1.04 bits per heavy atom. The number of aryl methyl sites for hydroxylation is 1. The third kappa shape index (κ3) is 3.46. The first-order valence-electron chi connectivity index (χ1n) is 7.66. The summed E-state index contributed by atoms with van der Waals surface area (Å²) in [6, 6.07) is 17.6. The summed E-state index contributed by atoms with van der Waals surface area (Å²) in [5, 5.41) is 3.77. The van der Waals surface area contributed by atoms with Crippen molar-refractivity contribution >= 4 is 28.6 Å². The average Bonchev–Trinajstić information content (AvgIpc) is 2.98. The quantitative estimate of drug-likeness (QED) is 0.765. The summed E-state index contributed by atoms with van der Waals surface area (Å²) in [6.07, 6.45) is 0. The van der Waals surface area contributed by atoms with Gasteiger partial charge in [0.1, 0.15) is 9.88 Å². The highest BCUT2D eigenvalue weighted by Crippen LogP contribution is 2.29. The van der Waals surface area contributed by atoms with Crippen molar-refractivity contribution in [3.05, 3.63) is 65.2 Å². The first-order chi connectivity index (χ1) is 11.5. The van der Waals surface area contributed by atoms with Crippen molar-refractivity contribution in [2.75, 3.05) is 24.3 Å². The van der Waals surface area contributed by atoms with Crippen LogP contribution in [0.15, 0.2) is 54.6 Å². The fraction of sp³-hybridized carbons (Fsp3) is 0.158. The fourth-order valence-corrected chi connectivity index (χ4v) is 3.31. The minimum Gasteiger partial charge on any atom is -0.378 e. The van der Waals surface area contributed by atoms with Crippen molar-refractivity contribution in [2.45, 2.75) is 6.92 Å². The van der Waals surface area contributed by atoms with E-state index in [-0.39, 0.29) is 5.91 Å². The number of anilines is 2. The molecule has 0 bridgehead atoms. The molecule has 122 valence electrons. The molecule has 1 N–H and O–H groups in total. The van der Waals surface area contributed by atoms with Crippen LogP contribution in [0.2, 0.25) is 0 Å². The Morgan fingerprint density at radius 2 is 1.71 bits per heavy atom. The maximum Gasteiger partial charge on any atom is 0.267 e. The summed E-state index contributed by atoms with van der Waals surface area (Å²) in [5.41, 5.74) is 3.69. The summed E-state index contributed by atoms with van der Waals surface area (Å²) in [7, 11) is 4.02. The second kappa shape index (κ2) is 6.84. The number of carbonyl (C=O) groups is 1. The third-order valence-corrected chi connectivity index (χ3v) is 4.87. The summed E-state index contributed by atoms with van der Waals surface area (Å²) in [6.45, 7) is 1.87. The fourth-order valence-electron chi connectivity index (χ4n) is 2.34. The minimum absolute atomic E-state index is 0.118. The van der Waals surface area contributed by atoms with Crippen molar-refractivity contribution in [3.8, 4) is 10.6 Å². The summed E-state index contributed by atoms with van der Waals surface area (Å²) in [4.78, 5) is 19.7. The van der Waals surface area contributed by atoms with Crippen molar-refractivity contribution in [2.24, 2.45) is 0 Å². The number of benzene rings is 2. The van der Waals surface area contributed by atoms with Crippen molar-refractivity contribution in [3.63, 3.8) is 0 Å². The zero-order valence-electron chi connectivity index (χ0n) is 13.9. The van der Waals surface area contributed by atoms with E-state index in [1.54, 1.807) is 0 Å². The van der Waals surface area contributed by atoms with Crippen LogP contribution >= 0.6 is 11.3 Å². The van der Waals surface area contributed by atoms with Crippen molar-refractivity contribution in [1.82, 2.24) is 4.98 Å². The lowest BCUT2D eigenvalue weighted by Crippen LogP contribution is -2.11. The summed E-state index contributed by atoms with van der Waals surface area (Å²) < 4.78 is 0. The number of carbonyl (C=O) groups excluding carboxylic acids is 1. The van der Waals surface area contributed by atoms with Gasteiger partial charge in [-0.05, 0) is 43.3 Å². The Hall–Kier alpha value is -2.66. The predicted octanol–water partition coefficient (Wildman–Crippen LogP) is 4.44. The van der Waals surface area contributed by atoms with Gasteiger partial charge < -0.3 is 10.2 Å². The third-order valence-electron chi connectivity index (χ3n) is 3.67. The number of para-hydroxylation sites is 1. The standard InChI is InChI=1S/C19H19N3OS/c1-13-17(18(23)21-15-7-5-4-6-8-15)24-19(20-13)14-9-11-16(12-10-14)22(2)3/h4-12H,1-3H3,(H,21,23). The molecular formula is C19H19N3OS. The molecule has 1 heterocycles. The highest BCUT2D eigenvalue weighted by Gasteiger charge is 2.16. The zero-order chi connectivity index (χ0) is 17.1. The van der Waals surface area contributed by atoms with Crippen LogP contribution in [0.5, 0.6) is 0 Å². The van der Waals surface area contributed by atoms with Crippen molar-refractivity contribution in [1.29, 1.82) is 0 Å². The highest BCUT2D eigenvalue weighted by molar-refractivity contribution is 7.17. The number of thiazole rings is 1. The summed E-state index contributed by atoms with van der Waals surface area (Å²) >= 11 is 1.42. The van der Waals surface area contributed by atoms with Crippen LogP contribution < -0.4 is 10.2 Å². The Labute approximate surface area is 145 Å². The molecule has 4 nitrogen and oxygen atoms in total. The van der Waals surface area contributed by atoms with Gasteiger partial charge in [-0.1, -0.05) is 18.2 Å². The lowest BCUT2D eigenvalue weighted by molar-refractivity contribution is 0.103. The highest BCUT2D eigenvalue weighted by atomic mass is 32.1. The lowest BCUT2D eigenvalue weighted by Gasteiger charge is -2.11. The molecule has 0 aliphatic rings. The molecule has 0 spiro atoms. The number of rotatable bonds is 4. The summed E-state index contributed by atoms with van der Waals surface area (Å²) in [5.74, 6) is -0.118. The van der Waals surface area contributed by atoms with Crippen LogP contribution in [0.25, 0.3) is 10.6 Å². The van der Waals surface area contributed by atoms with E-state index >= 15 is 0 Å². The number of hydrogen-bond acceptors (Lipinski definition) is 4. The molecular weight excluding hydrogens is 318 g/mol. The SMILES string of the molecule is Cc1nc(-c2ccc(N(C)C)cc2)sc1C(=O)Nc1ccccc1. The minimum atomic E-state index is -0.118. The molecule has 2 aromatic carbocycles. The van der Waals surface area contributed by atoms with Gasteiger partial charge in [0.2, 0.25) is 0 Å². The molecule has 0 unspecified atom stereocenters. The van der Waals surface area contributed by atoms with E-state index in [1.165, 1.54) is 11.3 Å². The van der Waals surface area contributed by atoms with E-state index in [1.807, 2.05) is 63.5 Å². The number of nitrogens with zero attached hydrogens (tertiary/aromatic N) is 2. The number of nitrogens with one attached hydrogen (secondary N) is 1. The molecule has 0 atom stereocenters. The van der Waals surface area contributed by atoms with E-state index in [2.05, 4.69) is 27.3 Å². The van der Waals surface area contributed by atoms with Crippen LogP contribution in [0.1, 0.15) is 15.4 Å². The Kier molecular flexibility index (Phi) is 4.62.